The normalized spacial score (nSPS) is 20.0. The van der Waals surface area contributed by atoms with Crippen molar-refractivity contribution in [2.75, 3.05) is 31.7 Å². The molecule has 1 aromatic carbocycles. The maximum absolute atomic E-state index is 13.1. The van der Waals surface area contributed by atoms with Crippen LogP contribution in [0.5, 0.6) is 0 Å². The Morgan fingerprint density at radius 1 is 1.33 bits per heavy atom. The van der Waals surface area contributed by atoms with Gasteiger partial charge in [-0.15, -0.1) is 0 Å². The molecule has 0 unspecified atom stereocenters. The highest BCUT2D eigenvalue weighted by Gasteiger charge is 2.32. The van der Waals surface area contributed by atoms with Gasteiger partial charge in [0.2, 0.25) is 5.91 Å². The first-order valence-electron chi connectivity index (χ1n) is 8.53. The van der Waals surface area contributed by atoms with Crippen molar-refractivity contribution in [2.45, 2.75) is 31.7 Å². The van der Waals surface area contributed by atoms with Crippen LogP contribution in [0.1, 0.15) is 35.2 Å². The van der Waals surface area contributed by atoms with E-state index in [2.05, 4.69) is 6.58 Å². The molecule has 5 nitrogen and oxygen atoms in total. The largest absolute Gasteiger partial charge is 0.383 e. The number of methoxy groups -OCH3 is 1. The Labute approximate surface area is 142 Å². The van der Waals surface area contributed by atoms with E-state index in [4.69, 9.17) is 4.74 Å². The Morgan fingerprint density at radius 2 is 2.17 bits per heavy atom. The van der Waals surface area contributed by atoms with E-state index >= 15 is 0 Å². The fraction of sp³-hybridized carbons (Fsp3) is 0.474. The molecule has 0 bridgehead atoms. The molecule has 1 saturated heterocycles. The van der Waals surface area contributed by atoms with Crippen LogP contribution in [0.4, 0.5) is 5.69 Å². The molecule has 5 heteroatoms. The Morgan fingerprint density at radius 3 is 2.92 bits per heavy atom. The molecular formula is C19H24N2O3. The second kappa shape index (κ2) is 7.18. The molecule has 2 aliphatic heterocycles. The number of carbonyl (C=O) groups excluding carboxylic acids is 2. The van der Waals surface area contributed by atoms with Gasteiger partial charge in [0, 0.05) is 31.5 Å². The SMILES string of the molecule is C=CC(=O)N1CCCc2c(C(=O)N3CCC[C@H]3COC)cccc21. The van der Waals surface area contributed by atoms with Gasteiger partial charge >= 0.3 is 0 Å². The van der Waals surface area contributed by atoms with Crippen molar-refractivity contribution in [3.63, 3.8) is 0 Å². The summed E-state index contributed by atoms with van der Waals surface area (Å²) in [6, 6.07) is 5.81. The van der Waals surface area contributed by atoms with Gasteiger partial charge < -0.3 is 14.5 Å². The number of nitrogens with zero attached hydrogens (tertiary/aromatic N) is 2. The molecule has 24 heavy (non-hydrogen) atoms. The van der Waals surface area contributed by atoms with E-state index in [0.29, 0.717) is 13.2 Å². The number of likely N-dealkylation sites (tertiary alicyclic amines) is 1. The van der Waals surface area contributed by atoms with Crippen molar-refractivity contribution in [1.29, 1.82) is 0 Å². The fourth-order valence-electron chi connectivity index (χ4n) is 3.79. The van der Waals surface area contributed by atoms with Gasteiger partial charge in [-0.25, -0.2) is 0 Å². The third-order valence-electron chi connectivity index (χ3n) is 4.92. The average Bonchev–Trinajstić information content (AvgIpc) is 3.08. The molecule has 1 fully saturated rings. The summed E-state index contributed by atoms with van der Waals surface area (Å²) >= 11 is 0. The molecule has 0 saturated carbocycles. The first kappa shape index (κ1) is 16.7. The van der Waals surface area contributed by atoms with Crippen molar-refractivity contribution in [3.8, 4) is 0 Å². The summed E-state index contributed by atoms with van der Waals surface area (Å²) in [4.78, 5) is 28.8. The summed E-state index contributed by atoms with van der Waals surface area (Å²) in [5.74, 6) is -0.0571. The summed E-state index contributed by atoms with van der Waals surface area (Å²) < 4.78 is 5.26. The van der Waals surface area contributed by atoms with Crippen LogP contribution in [-0.2, 0) is 16.0 Å². The maximum Gasteiger partial charge on any atom is 0.254 e. The summed E-state index contributed by atoms with van der Waals surface area (Å²) in [7, 11) is 1.67. The van der Waals surface area contributed by atoms with Gasteiger partial charge in [0.15, 0.2) is 0 Å². The zero-order valence-corrected chi connectivity index (χ0v) is 14.2. The minimum Gasteiger partial charge on any atom is -0.383 e. The third kappa shape index (κ3) is 2.96. The van der Waals surface area contributed by atoms with Crippen LogP contribution in [0, 0.1) is 0 Å². The van der Waals surface area contributed by atoms with Crippen molar-refractivity contribution < 1.29 is 14.3 Å². The van der Waals surface area contributed by atoms with Crippen molar-refractivity contribution in [2.24, 2.45) is 0 Å². The van der Waals surface area contributed by atoms with E-state index in [1.807, 2.05) is 23.1 Å². The summed E-state index contributed by atoms with van der Waals surface area (Å²) in [6.07, 6.45) is 5.00. The number of fused-ring (bicyclic) bond motifs is 1. The molecule has 2 amide bonds. The number of ether oxygens (including phenoxy) is 1. The fourth-order valence-corrected chi connectivity index (χ4v) is 3.79. The zero-order chi connectivity index (χ0) is 17.1. The van der Waals surface area contributed by atoms with E-state index in [1.54, 1.807) is 12.0 Å². The van der Waals surface area contributed by atoms with Crippen LogP contribution in [-0.4, -0.2) is 49.6 Å². The number of hydrogen-bond acceptors (Lipinski definition) is 3. The molecule has 2 heterocycles. The number of rotatable bonds is 4. The minimum atomic E-state index is -0.112. The lowest BCUT2D eigenvalue weighted by Gasteiger charge is -2.31. The van der Waals surface area contributed by atoms with Gasteiger partial charge in [-0.3, -0.25) is 9.59 Å². The van der Waals surface area contributed by atoms with Crippen LogP contribution in [0.25, 0.3) is 0 Å². The molecule has 3 rings (SSSR count). The zero-order valence-electron chi connectivity index (χ0n) is 14.2. The van der Waals surface area contributed by atoms with Crippen LogP contribution >= 0.6 is 0 Å². The maximum atomic E-state index is 13.1. The number of carbonyl (C=O) groups is 2. The monoisotopic (exact) mass is 328 g/mol. The first-order chi connectivity index (χ1) is 11.7. The lowest BCUT2D eigenvalue weighted by atomic mass is 9.95. The molecule has 128 valence electrons. The van der Waals surface area contributed by atoms with Gasteiger partial charge in [-0.1, -0.05) is 12.6 Å². The molecule has 0 N–H and O–H groups in total. The quantitative estimate of drug-likeness (QED) is 0.798. The smallest absolute Gasteiger partial charge is 0.254 e. The highest BCUT2D eigenvalue weighted by Crippen LogP contribution is 2.32. The first-order valence-corrected chi connectivity index (χ1v) is 8.53. The van der Waals surface area contributed by atoms with Crippen LogP contribution in [0.3, 0.4) is 0 Å². The van der Waals surface area contributed by atoms with Crippen molar-refractivity contribution in [3.05, 3.63) is 42.0 Å². The minimum absolute atomic E-state index is 0.0549. The van der Waals surface area contributed by atoms with E-state index in [9.17, 15) is 9.59 Å². The standard InChI is InChI=1S/C19H24N2O3/c1-3-18(22)21-12-6-9-15-16(8-4-10-17(15)21)19(23)20-11-5-7-14(20)13-24-2/h3-4,8,10,14H,1,5-7,9,11-13H2,2H3/t14-/m0/s1. The molecule has 0 aliphatic carbocycles. The van der Waals surface area contributed by atoms with E-state index in [-0.39, 0.29) is 17.9 Å². The van der Waals surface area contributed by atoms with Crippen LogP contribution < -0.4 is 4.90 Å². The Hall–Kier alpha value is -2.14. The van der Waals surface area contributed by atoms with Crippen LogP contribution in [0.2, 0.25) is 0 Å². The Bertz CT molecular complexity index is 656. The topological polar surface area (TPSA) is 49.9 Å². The lowest BCUT2D eigenvalue weighted by Crippen LogP contribution is -2.40. The highest BCUT2D eigenvalue weighted by molar-refractivity contribution is 6.04. The predicted molar refractivity (Wildman–Crippen MR) is 93.2 cm³/mol. The second-order valence-corrected chi connectivity index (χ2v) is 6.35. The summed E-state index contributed by atoms with van der Waals surface area (Å²) in [5.41, 5.74) is 2.54. The van der Waals surface area contributed by atoms with Crippen molar-refractivity contribution >= 4 is 17.5 Å². The number of amides is 2. The van der Waals surface area contributed by atoms with Gasteiger partial charge in [-0.2, -0.15) is 0 Å². The van der Waals surface area contributed by atoms with E-state index in [1.165, 1.54) is 6.08 Å². The second-order valence-electron chi connectivity index (χ2n) is 6.35. The number of anilines is 1. The average molecular weight is 328 g/mol. The molecule has 0 aromatic heterocycles. The highest BCUT2D eigenvalue weighted by atomic mass is 16.5. The van der Waals surface area contributed by atoms with Gasteiger partial charge in [0.05, 0.1) is 12.6 Å². The summed E-state index contributed by atoms with van der Waals surface area (Å²) in [6.45, 7) is 5.59. The predicted octanol–water partition coefficient (Wildman–Crippen LogP) is 2.40. The Kier molecular flexibility index (Phi) is 5.00. The molecule has 2 aliphatic rings. The van der Waals surface area contributed by atoms with E-state index < -0.39 is 0 Å². The van der Waals surface area contributed by atoms with Gasteiger partial charge in [0.1, 0.15) is 0 Å². The van der Waals surface area contributed by atoms with Crippen LogP contribution in [0.15, 0.2) is 30.9 Å². The number of benzene rings is 1. The lowest BCUT2D eigenvalue weighted by molar-refractivity contribution is -0.114. The Balaban J connectivity index is 1.93. The van der Waals surface area contributed by atoms with Gasteiger partial charge in [0.25, 0.3) is 5.91 Å². The molecule has 0 spiro atoms. The molecule has 1 aromatic rings. The van der Waals surface area contributed by atoms with Gasteiger partial charge in [-0.05, 0) is 49.5 Å². The summed E-state index contributed by atoms with van der Waals surface area (Å²) in [5, 5.41) is 0. The van der Waals surface area contributed by atoms with Crippen molar-refractivity contribution in [1.82, 2.24) is 4.90 Å². The van der Waals surface area contributed by atoms with E-state index in [0.717, 1.165) is 49.0 Å². The molecule has 0 radical (unpaired) electrons. The molecular weight excluding hydrogens is 304 g/mol. The number of hydrogen-bond donors (Lipinski definition) is 0. The third-order valence-corrected chi connectivity index (χ3v) is 4.92. The molecule has 1 atom stereocenters.